The number of methoxy groups -OCH3 is 1. The molecule has 0 aromatic heterocycles. The minimum atomic E-state index is -3.73. The number of halogens is 2. The van der Waals surface area contributed by atoms with Gasteiger partial charge >= 0.3 is 0 Å². The summed E-state index contributed by atoms with van der Waals surface area (Å²) in [7, 11) is -2.08. The van der Waals surface area contributed by atoms with Gasteiger partial charge in [-0.3, -0.25) is 4.90 Å². The highest BCUT2D eigenvalue weighted by atomic mass is 35.5. The molecule has 2 aliphatic rings. The molecule has 0 bridgehead atoms. The normalized spacial score (nSPS) is 24.6. The Kier molecular flexibility index (Phi) is 11.3. The van der Waals surface area contributed by atoms with Gasteiger partial charge in [0, 0.05) is 32.7 Å². The van der Waals surface area contributed by atoms with Crippen LogP contribution in [0.15, 0.2) is 53.4 Å². The standard InChI is InChI=1S/C24H33N3O6S.2ClH/c1-17-7-9-18(10-8-17)34(30,31)25-15-21-23(24(29)22(16-28)33-21)27-13-11-26(12-14-27)19-5-3-4-6-20(19)32-2;;/h3-10,21-25,28-29H,11-16H2,1-2H3;2*1H/t21-,22+,23+,24-;;/m1../s1. The van der Waals surface area contributed by atoms with E-state index >= 15 is 0 Å². The molecule has 4 rings (SSSR count). The highest BCUT2D eigenvalue weighted by Crippen LogP contribution is 2.31. The fourth-order valence-electron chi connectivity index (χ4n) is 4.74. The van der Waals surface area contributed by atoms with E-state index in [1.54, 1.807) is 31.4 Å². The SMILES string of the molecule is COc1ccccc1N1CCN([C@@H]2[C@H](O)[C@H](CO)O[C@@H]2CNS(=O)(=O)c2ccc(C)cc2)CC1.Cl.Cl. The number of sulfonamides is 1. The Labute approximate surface area is 225 Å². The van der Waals surface area contributed by atoms with Crippen molar-refractivity contribution in [3.05, 3.63) is 54.1 Å². The van der Waals surface area contributed by atoms with Gasteiger partial charge in [-0.2, -0.15) is 0 Å². The van der Waals surface area contributed by atoms with Crippen LogP contribution in [-0.4, -0.2) is 94.3 Å². The summed E-state index contributed by atoms with van der Waals surface area (Å²) in [6, 6.07) is 14.0. The first-order chi connectivity index (χ1) is 16.3. The Balaban J connectivity index is 0.00000228. The maximum atomic E-state index is 12.8. The quantitative estimate of drug-likeness (QED) is 0.442. The fourth-order valence-corrected chi connectivity index (χ4v) is 5.79. The summed E-state index contributed by atoms with van der Waals surface area (Å²) in [5, 5.41) is 20.6. The number of para-hydroxylation sites is 2. The number of rotatable bonds is 8. The van der Waals surface area contributed by atoms with E-state index in [9.17, 15) is 18.6 Å². The Morgan fingerprint density at radius 3 is 2.28 bits per heavy atom. The number of nitrogens with zero attached hydrogens (tertiary/aromatic N) is 2. The van der Waals surface area contributed by atoms with Crippen LogP contribution >= 0.6 is 24.8 Å². The summed E-state index contributed by atoms with van der Waals surface area (Å²) in [6.45, 7) is 4.31. The smallest absolute Gasteiger partial charge is 0.240 e. The highest BCUT2D eigenvalue weighted by Gasteiger charge is 2.47. The lowest BCUT2D eigenvalue weighted by molar-refractivity contribution is -0.0201. The van der Waals surface area contributed by atoms with Crippen molar-refractivity contribution in [1.82, 2.24) is 9.62 Å². The zero-order chi connectivity index (χ0) is 24.3. The van der Waals surface area contributed by atoms with Crippen LogP contribution in [-0.2, 0) is 14.8 Å². The Morgan fingerprint density at radius 2 is 1.67 bits per heavy atom. The molecular weight excluding hydrogens is 529 g/mol. The lowest BCUT2D eigenvalue weighted by Gasteiger charge is -2.41. The highest BCUT2D eigenvalue weighted by molar-refractivity contribution is 7.89. The average Bonchev–Trinajstić information content (AvgIpc) is 3.18. The first-order valence-electron chi connectivity index (χ1n) is 11.5. The molecule has 202 valence electrons. The molecule has 2 heterocycles. The number of anilines is 1. The predicted molar refractivity (Wildman–Crippen MR) is 143 cm³/mol. The van der Waals surface area contributed by atoms with Crippen LogP contribution in [0.3, 0.4) is 0 Å². The van der Waals surface area contributed by atoms with E-state index in [1.807, 2.05) is 31.2 Å². The number of aryl methyl sites for hydroxylation is 1. The minimum Gasteiger partial charge on any atom is -0.495 e. The number of piperazine rings is 1. The third-order valence-corrected chi connectivity index (χ3v) is 8.05. The van der Waals surface area contributed by atoms with Gasteiger partial charge in [0.25, 0.3) is 0 Å². The molecule has 0 spiro atoms. The van der Waals surface area contributed by atoms with Crippen molar-refractivity contribution in [1.29, 1.82) is 0 Å². The molecule has 0 amide bonds. The summed E-state index contributed by atoms with van der Waals surface area (Å²) in [6.07, 6.45) is -2.27. The van der Waals surface area contributed by atoms with Crippen molar-refractivity contribution in [3.8, 4) is 5.75 Å². The van der Waals surface area contributed by atoms with Crippen molar-refractivity contribution in [2.75, 3.05) is 51.3 Å². The van der Waals surface area contributed by atoms with Gasteiger partial charge in [0.15, 0.2) is 0 Å². The molecule has 2 saturated heterocycles. The second kappa shape index (κ2) is 13.3. The molecule has 4 atom stereocenters. The molecule has 0 radical (unpaired) electrons. The molecule has 2 aromatic rings. The fraction of sp³-hybridized carbons (Fsp3) is 0.500. The van der Waals surface area contributed by atoms with Gasteiger partial charge in [0.1, 0.15) is 18.0 Å². The topological polar surface area (TPSA) is 112 Å². The minimum absolute atomic E-state index is 0. The molecule has 0 aliphatic carbocycles. The predicted octanol–water partition coefficient (Wildman–Crippen LogP) is 1.44. The van der Waals surface area contributed by atoms with Crippen LogP contribution in [0, 0.1) is 6.92 Å². The molecule has 2 aromatic carbocycles. The van der Waals surface area contributed by atoms with E-state index in [2.05, 4.69) is 14.5 Å². The molecule has 36 heavy (non-hydrogen) atoms. The molecular formula is C24H35Cl2N3O6S. The Hall–Kier alpha value is -1.63. The zero-order valence-electron chi connectivity index (χ0n) is 20.3. The molecule has 0 unspecified atom stereocenters. The molecule has 2 aliphatic heterocycles. The van der Waals surface area contributed by atoms with Crippen molar-refractivity contribution >= 4 is 40.5 Å². The lowest BCUT2D eigenvalue weighted by Crippen LogP contribution is -2.57. The van der Waals surface area contributed by atoms with Crippen LogP contribution in [0.25, 0.3) is 0 Å². The van der Waals surface area contributed by atoms with Gasteiger partial charge in [-0.25, -0.2) is 13.1 Å². The third kappa shape index (κ3) is 6.62. The van der Waals surface area contributed by atoms with Crippen molar-refractivity contribution in [3.63, 3.8) is 0 Å². The molecule has 3 N–H and O–H groups in total. The van der Waals surface area contributed by atoms with Crippen LogP contribution in [0.2, 0.25) is 0 Å². The molecule has 0 saturated carbocycles. The lowest BCUT2D eigenvalue weighted by atomic mass is 10.0. The number of hydrogen-bond donors (Lipinski definition) is 3. The maximum absolute atomic E-state index is 12.8. The largest absolute Gasteiger partial charge is 0.495 e. The van der Waals surface area contributed by atoms with Gasteiger partial charge in [-0.05, 0) is 31.2 Å². The first kappa shape index (κ1) is 30.6. The molecule has 9 nitrogen and oxygen atoms in total. The molecule has 2 fully saturated rings. The van der Waals surface area contributed by atoms with Crippen LogP contribution < -0.4 is 14.4 Å². The first-order valence-corrected chi connectivity index (χ1v) is 12.9. The van der Waals surface area contributed by atoms with Crippen molar-refractivity contribution in [2.24, 2.45) is 0 Å². The van der Waals surface area contributed by atoms with E-state index in [-0.39, 0.29) is 42.9 Å². The number of ether oxygens (including phenoxy) is 2. The average molecular weight is 565 g/mol. The monoisotopic (exact) mass is 563 g/mol. The van der Waals surface area contributed by atoms with Crippen LogP contribution in [0.5, 0.6) is 5.75 Å². The summed E-state index contributed by atoms with van der Waals surface area (Å²) in [5.74, 6) is 0.809. The maximum Gasteiger partial charge on any atom is 0.240 e. The van der Waals surface area contributed by atoms with Gasteiger partial charge < -0.3 is 24.6 Å². The molecule has 12 heteroatoms. The number of nitrogens with one attached hydrogen (secondary N) is 1. The van der Waals surface area contributed by atoms with E-state index in [1.165, 1.54) is 0 Å². The van der Waals surface area contributed by atoms with Crippen LogP contribution in [0.4, 0.5) is 5.69 Å². The Morgan fingerprint density at radius 1 is 1.03 bits per heavy atom. The summed E-state index contributed by atoms with van der Waals surface area (Å²) in [5.41, 5.74) is 1.99. The van der Waals surface area contributed by atoms with E-state index in [4.69, 9.17) is 9.47 Å². The van der Waals surface area contributed by atoms with E-state index in [0.717, 1.165) is 30.1 Å². The summed E-state index contributed by atoms with van der Waals surface area (Å²) >= 11 is 0. The number of hydrogen-bond acceptors (Lipinski definition) is 8. The number of aliphatic hydroxyl groups excluding tert-OH is 2. The summed E-state index contributed by atoms with van der Waals surface area (Å²) < 4.78 is 39.5. The summed E-state index contributed by atoms with van der Waals surface area (Å²) in [4.78, 5) is 4.53. The van der Waals surface area contributed by atoms with Gasteiger partial charge in [0.05, 0.1) is 36.4 Å². The zero-order valence-corrected chi connectivity index (χ0v) is 22.8. The van der Waals surface area contributed by atoms with Crippen LogP contribution in [0.1, 0.15) is 5.56 Å². The number of benzene rings is 2. The van der Waals surface area contributed by atoms with Crippen molar-refractivity contribution in [2.45, 2.75) is 36.2 Å². The van der Waals surface area contributed by atoms with Crippen molar-refractivity contribution < 1.29 is 28.1 Å². The van der Waals surface area contributed by atoms with Gasteiger partial charge in [-0.15, -0.1) is 24.8 Å². The third-order valence-electron chi connectivity index (χ3n) is 6.61. The second-order valence-corrected chi connectivity index (χ2v) is 10.5. The Bertz CT molecular complexity index is 1070. The van der Waals surface area contributed by atoms with E-state index < -0.39 is 34.4 Å². The van der Waals surface area contributed by atoms with E-state index in [0.29, 0.717) is 13.1 Å². The second-order valence-electron chi connectivity index (χ2n) is 8.74. The number of aliphatic hydroxyl groups is 2. The van der Waals surface area contributed by atoms with Gasteiger partial charge in [0.2, 0.25) is 10.0 Å². The van der Waals surface area contributed by atoms with Gasteiger partial charge in [-0.1, -0.05) is 29.8 Å².